The predicted octanol–water partition coefficient (Wildman–Crippen LogP) is 1.61. The number of amides is 1. The fraction of sp³-hybridized carbons (Fsp3) is 0.182. The lowest BCUT2D eigenvalue weighted by molar-refractivity contribution is 0.0951. The van der Waals surface area contributed by atoms with Gasteiger partial charge in [0.05, 0.1) is 18.3 Å². The molecule has 0 saturated heterocycles. The number of carbonyl (C=O) groups is 1. The molecule has 1 heterocycles. The first kappa shape index (κ1) is 12.7. The van der Waals surface area contributed by atoms with Gasteiger partial charge in [0.15, 0.2) is 0 Å². The first-order chi connectivity index (χ1) is 8.66. The molecule has 94 valence electrons. The fourth-order valence-corrected chi connectivity index (χ4v) is 1.94. The summed E-state index contributed by atoms with van der Waals surface area (Å²) in [4.78, 5) is 11.8. The second-order valence-electron chi connectivity index (χ2n) is 3.55. The minimum Gasteiger partial charge on any atom is -0.350 e. The summed E-state index contributed by atoms with van der Waals surface area (Å²) in [5.41, 5.74) is 0.398. The summed E-state index contributed by atoms with van der Waals surface area (Å²) < 4.78 is 14.9. The molecule has 0 radical (unpaired) electrons. The Labute approximate surface area is 111 Å². The standard InChI is InChI=1S/C11H10BrFN4O/c12-10-7-8(13)1-2-9(10)11(18)14-3-5-17-6-4-15-16-17/h1-2,4,6-7H,3,5H2,(H,14,18). The van der Waals surface area contributed by atoms with Crippen LogP contribution in [0.4, 0.5) is 4.39 Å². The van der Waals surface area contributed by atoms with Crippen LogP contribution in [0, 0.1) is 5.82 Å². The second kappa shape index (κ2) is 5.72. The van der Waals surface area contributed by atoms with E-state index in [9.17, 15) is 9.18 Å². The smallest absolute Gasteiger partial charge is 0.252 e. The zero-order valence-electron chi connectivity index (χ0n) is 9.31. The average molecular weight is 313 g/mol. The van der Waals surface area contributed by atoms with Crippen molar-refractivity contribution in [2.24, 2.45) is 0 Å². The molecule has 0 fully saturated rings. The quantitative estimate of drug-likeness (QED) is 0.933. The normalized spacial score (nSPS) is 10.3. The van der Waals surface area contributed by atoms with Crippen LogP contribution in [0.1, 0.15) is 10.4 Å². The summed E-state index contributed by atoms with van der Waals surface area (Å²) in [6.07, 6.45) is 3.28. The molecule has 1 amide bonds. The first-order valence-electron chi connectivity index (χ1n) is 5.24. The summed E-state index contributed by atoms with van der Waals surface area (Å²) in [6, 6.07) is 3.94. The van der Waals surface area contributed by atoms with E-state index < -0.39 is 0 Å². The summed E-state index contributed by atoms with van der Waals surface area (Å²) in [7, 11) is 0. The molecule has 0 aliphatic rings. The number of rotatable bonds is 4. The van der Waals surface area contributed by atoms with Crippen LogP contribution in [0.3, 0.4) is 0 Å². The molecule has 7 heteroatoms. The van der Waals surface area contributed by atoms with Gasteiger partial charge in [0, 0.05) is 17.2 Å². The van der Waals surface area contributed by atoms with Crippen LogP contribution in [-0.4, -0.2) is 27.4 Å². The van der Waals surface area contributed by atoms with Gasteiger partial charge < -0.3 is 5.32 Å². The van der Waals surface area contributed by atoms with Crippen LogP contribution >= 0.6 is 15.9 Å². The van der Waals surface area contributed by atoms with Crippen LogP contribution in [0.25, 0.3) is 0 Å². The van der Waals surface area contributed by atoms with Crippen molar-refractivity contribution in [3.05, 3.63) is 46.4 Å². The lowest BCUT2D eigenvalue weighted by Crippen LogP contribution is -2.27. The number of aromatic nitrogens is 3. The molecule has 0 aliphatic heterocycles. The van der Waals surface area contributed by atoms with Crippen molar-refractivity contribution >= 4 is 21.8 Å². The van der Waals surface area contributed by atoms with Crippen LogP contribution in [0.15, 0.2) is 35.1 Å². The van der Waals surface area contributed by atoms with Crippen LogP contribution < -0.4 is 5.32 Å². The van der Waals surface area contributed by atoms with Gasteiger partial charge in [-0.25, -0.2) is 4.39 Å². The van der Waals surface area contributed by atoms with E-state index in [4.69, 9.17) is 0 Å². The van der Waals surface area contributed by atoms with E-state index in [1.165, 1.54) is 18.2 Å². The Morgan fingerprint density at radius 2 is 2.33 bits per heavy atom. The molecule has 0 spiro atoms. The Balaban J connectivity index is 1.91. The number of carbonyl (C=O) groups excluding carboxylic acids is 1. The fourth-order valence-electron chi connectivity index (χ4n) is 1.40. The Kier molecular flexibility index (Phi) is 4.03. The highest BCUT2D eigenvalue weighted by atomic mass is 79.9. The van der Waals surface area contributed by atoms with E-state index >= 15 is 0 Å². The molecule has 5 nitrogen and oxygen atoms in total. The van der Waals surface area contributed by atoms with Crippen molar-refractivity contribution < 1.29 is 9.18 Å². The van der Waals surface area contributed by atoms with E-state index in [0.29, 0.717) is 23.1 Å². The maximum absolute atomic E-state index is 12.9. The van der Waals surface area contributed by atoms with Gasteiger partial charge in [-0.05, 0) is 34.1 Å². The number of halogens is 2. The zero-order valence-corrected chi connectivity index (χ0v) is 10.9. The molecular weight excluding hydrogens is 303 g/mol. The van der Waals surface area contributed by atoms with Crippen molar-refractivity contribution in [3.63, 3.8) is 0 Å². The Morgan fingerprint density at radius 1 is 1.50 bits per heavy atom. The Bertz CT molecular complexity index is 544. The minimum absolute atomic E-state index is 0.262. The molecule has 0 aliphatic carbocycles. The molecule has 0 unspecified atom stereocenters. The molecule has 0 atom stereocenters. The summed E-state index contributed by atoms with van der Waals surface area (Å²) >= 11 is 3.15. The molecule has 1 N–H and O–H groups in total. The highest BCUT2D eigenvalue weighted by Gasteiger charge is 2.09. The number of hydrogen-bond donors (Lipinski definition) is 1. The molecule has 2 aromatic rings. The van der Waals surface area contributed by atoms with Gasteiger partial charge in [0.1, 0.15) is 5.82 Å². The number of hydrogen-bond acceptors (Lipinski definition) is 3. The molecular formula is C11H10BrFN4O. The number of nitrogens with zero attached hydrogens (tertiary/aromatic N) is 3. The first-order valence-corrected chi connectivity index (χ1v) is 6.03. The topological polar surface area (TPSA) is 59.8 Å². The summed E-state index contributed by atoms with van der Waals surface area (Å²) in [5.74, 6) is -0.650. The lowest BCUT2D eigenvalue weighted by Gasteiger charge is -2.06. The molecule has 1 aromatic heterocycles. The van der Waals surface area contributed by atoms with Crippen molar-refractivity contribution in [2.75, 3.05) is 6.54 Å². The molecule has 18 heavy (non-hydrogen) atoms. The highest BCUT2D eigenvalue weighted by molar-refractivity contribution is 9.10. The van der Waals surface area contributed by atoms with Crippen LogP contribution in [0.5, 0.6) is 0 Å². The van der Waals surface area contributed by atoms with E-state index in [1.54, 1.807) is 17.1 Å². The van der Waals surface area contributed by atoms with Crippen molar-refractivity contribution in [2.45, 2.75) is 6.54 Å². The SMILES string of the molecule is O=C(NCCn1ccnn1)c1ccc(F)cc1Br. The molecule has 0 bridgehead atoms. The molecule has 0 saturated carbocycles. The van der Waals surface area contributed by atoms with Crippen molar-refractivity contribution in [1.82, 2.24) is 20.3 Å². The highest BCUT2D eigenvalue weighted by Crippen LogP contribution is 2.17. The third-order valence-electron chi connectivity index (χ3n) is 2.27. The minimum atomic E-state index is -0.388. The maximum Gasteiger partial charge on any atom is 0.252 e. The number of nitrogens with one attached hydrogen (secondary N) is 1. The third kappa shape index (κ3) is 3.13. The zero-order chi connectivity index (χ0) is 13.0. The van der Waals surface area contributed by atoms with Gasteiger partial charge in [-0.15, -0.1) is 5.10 Å². The monoisotopic (exact) mass is 312 g/mol. The van der Waals surface area contributed by atoms with Crippen molar-refractivity contribution in [3.8, 4) is 0 Å². The molecule has 2 rings (SSSR count). The lowest BCUT2D eigenvalue weighted by atomic mass is 10.2. The van der Waals surface area contributed by atoms with E-state index in [2.05, 4.69) is 31.6 Å². The van der Waals surface area contributed by atoms with Crippen LogP contribution in [-0.2, 0) is 6.54 Å². The Morgan fingerprint density at radius 3 is 3.00 bits per heavy atom. The van der Waals surface area contributed by atoms with Crippen LogP contribution in [0.2, 0.25) is 0 Å². The third-order valence-corrected chi connectivity index (χ3v) is 2.93. The largest absolute Gasteiger partial charge is 0.350 e. The Hall–Kier alpha value is -1.76. The van der Waals surface area contributed by atoms with Gasteiger partial charge in [0.25, 0.3) is 5.91 Å². The number of benzene rings is 1. The van der Waals surface area contributed by atoms with Gasteiger partial charge in [0.2, 0.25) is 0 Å². The summed E-state index contributed by atoms with van der Waals surface area (Å²) in [5, 5.41) is 10.1. The van der Waals surface area contributed by atoms with Gasteiger partial charge in [-0.2, -0.15) is 0 Å². The van der Waals surface area contributed by atoms with E-state index in [0.717, 1.165) is 0 Å². The van der Waals surface area contributed by atoms with E-state index in [-0.39, 0.29) is 11.7 Å². The summed E-state index contributed by atoms with van der Waals surface area (Å²) in [6.45, 7) is 0.955. The van der Waals surface area contributed by atoms with Gasteiger partial charge >= 0.3 is 0 Å². The molecule has 1 aromatic carbocycles. The van der Waals surface area contributed by atoms with Crippen molar-refractivity contribution in [1.29, 1.82) is 0 Å². The average Bonchev–Trinajstić information content (AvgIpc) is 2.81. The maximum atomic E-state index is 12.9. The van der Waals surface area contributed by atoms with Gasteiger partial charge in [-0.1, -0.05) is 5.21 Å². The van der Waals surface area contributed by atoms with Gasteiger partial charge in [-0.3, -0.25) is 9.48 Å². The second-order valence-corrected chi connectivity index (χ2v) is 4.40. The predicted molar refractivity (Wildman–Crippen MR) is 66.5 cm³/mol. The van der Waals surface area contributed by atoms with E-state index in [1.807, 2.05) is 0 Å².